The SMILES string of the molecule is CC[Si](CC)(CC)O[C@](C)(CCCC(=O)N(C)OC)CCO[Si](C)(C)C(C)(C)C. The van der Waals surface area contributed by atoms with Crippen molar-refractivity contribution >= 4 is 22.5 Å². The summed E-state index contributed by atoms with van der Waals surface area (Å²) in [5.74, 6) is 0.0114. The van der Waals surface area contributed by atoms with Crippen molar-refractivity contribution in [1.82, 2.24) is 5.06 Å². The molecule has 0 aromatic carbocycles. The summed E-state index contributed by atoms with van der Waals surface area (Å²) in [6.45, 7) is 21.2. The Balaban J connectivity index is 5.20. The van der Waals surface area contributed by atoms with Crippen LogP contribution in [0, 0.1) is 0 Å². The van der Waals surface area contributed by atoms with E-state index in [2.05, 4.69) is 61.6 Å². The van der Waals surface area contributed by atoms with Crippen molar-refractivity contribution in [2.24, 2.45) is 0 Å². The number of amides is 1. The van der Waals surface area contributed by atoms with Gasteiger partial charge in [-0.25, -0.2) is 5.06 Å². The maximum atomic E-state index is 12.1. The van der Waals surface area contributed by atoms with Gasteiger partial charge in [0, 0.05) is 20.1 Å². The van der Waals surface area contributed by atoms with Crippen molar-refractivity contribution in [3.05, 3.63) is 0 Å². The molecule has 0 saturated heterocycles. The zero-order valence-electron chi connectivity index (χ0n) is 21.2. The highest BCUT2D eigenvalue weighted by atomic mass is 28.4. The van der Waals surface area contributed by atoms with Gasteiger partial charge in [0.2, 0.25) is 5.91 Å². The minimum absolute atomic E-state index is 0.0114. The maximum absolute atomic E-state index is 12.1. The van der Waals surface area contributed by atoms with Crippen molar-refractivity contribution in [3.63, 3.8) is 0 Å². The molecule has 7 heteroatoms. The molecule has 1 amide bonds. The van der Waals surface area contributed by atoms with E-state index in [0.717, 1.165) is 44.0 Å². The highest BCUT2D eigenvalue weighted by molar-refractivity contribution is 6.74. The number of carbonyl (C=O) groups excluding carboxylic acids is 1. The van der Waals surface area contributed by atoms with Crippen LogP contribution in [0.5, 0.6) is 0 Å². The average Bonchev–Trinajstić information content (AvgIpc) is 2.64. The van der Waals surface area contributed by atoms with Gasteiger partial charge in [-0.2, -0.15) is 0 Å². The van der Waals surface area contributed by atoms with Crippen LogP contribution in [0.2, 0.25) is 36.3 Å². The molecule has 0 aromatic heterocycles. The fourth-order valence-corrected chi connectivity index (χ4v) is 7.56. The van der Waals surface area contributed by atoms with E-state index in [1.807, 2.05) is 0 Å². The topological polar surface area (TPSA) is 48.0 Å². The Bertz CT molecular complexity index is 481. The lowest BCUT2D eigenvalue weighted by Crippen LogP contribution is -2.47. The first-order valence-electron chi connectivity index (χ1n) is 11.4. The Labute approximate surface area is 183 Å². The Morgan fingerprint density at radius 3 is 1.90 bits per heavy atom. The first-order valence-corrected chi connectivity index (χ1v) is 16.8. The number of nitrogens with zero attached hydrogens (tertiary/aromatic N) is 1. The van der Waals surface area contributed by atoms with E-state index < -0.39 is 16.6 Å². The molecular formula is C22H49NO4Si2. The molecule has 0 rings (SSSR count). The van der Waals surface area contributed by atoms with Gasteiger partial charge >= 0.3 is 0 Å². The second-order valence-corrected chi connectivity index (χ2v) is 19.6. The molecule has 0 aliphatic rings. The summed E-state index contributed by atoms with van der Waals surface area (Å²) < 4.78 is 13.4. The molecule has 0 bridgehead atoms. The molecule has 0 spiro atoms. The van der Waals surface area contributed by atoms with Crippen LogP contribution in [-0.4, -0.2) is 54.0 Å². The van der Waals surface area contributed by atoms with Gasteiger partial charge in [-0.3, -0.25) is 9.63 Å². The third kappa shape index (κ3) is 9.21. The van der Waals surface area contributed by atoms with Crippen molar-refractivity contribution in [3.8, 4) is 0 Å². The summed E-state index contributed by atoms with van der Waals surface area (Å²) in [5.41, 5.74) is -0.247. The standard InChI is InChI=1S/C22H49NO4Si2/c1-12-29(13-2,14-3)27-22(7,17-15-16-20(24)23(8)25-9)18-19-26-28(10,11)21(4,5)6/h12-19H2,1-11H3/t22-/m1/s1. The average molecular weight is 448 g/mol. The molecule has 174 valence electrons. The van der Waals surface area contributed by atoms with Crippen LogP contribution in [-0.2, 0) is 18.5 Å². The van der Waals surface area contributed by atoms with Crippen LogP contribution in [0.4, 0.5) is 0 Å². The zero-order chi connectivity index (χ0) is 22.9. The number of rotatable bonds is 14. The predicted molar refractivity (Wildman–Crippen MR) is 128 cm³/mol. The van der Waals surface area contributed by atoms with Gasteiger partial charge in [-0.05, 0) is 62.5 Å². The minimum Gasteiger partial charge on any atom is -0.417 e. The van der Waals surface area contributed by atoms with Crippen molar-refractivity contribution in [2.45, 2.75) is 116 Å². The monoisotopic (exact) mass is 447 g/mol. The lowest BCUT2D eigenvalue weighted by atomic mass is 9.95. The van der Waals surface area contributed by atoms with E-state index in [1.54, 1.807) is 7.05 Å². The van der Waals surface area contributed by atoms with E-state index in [9.17, 15) is 4.79 Å². The molecule has 0 saturated carbocycles. The van der Waals surface area contributed by atoms with Gasteiger partial charge in [-0.1, -0.05) is 41.5 Å². The third-order valence-corrected chi connectivity index (χ3v) is 16.3. The summed E-state index contributed by atoms with van der Waals surface area (Å²) in [7, 11) is -0.352. The molecule has 0 fully saturated rings. The van der Waals surface area contributed by atoms with E-state index in [-0.39, 0.29) is 16.5 Å². The van der Waals surface area contributed by atoms with Crippen molar-refractivity contribution in [1.29, 1.82) is 0 Å². The van der Waals surface area contributed by atoms with Gasteiger partial charge in [-0.15, -0.1) is 0 Å². The maximum Gasteiger partial charge on any atom is 0.245 e. The van der Waals surface area contributed by atoms with Gasteiger partial charge in [0.1, 0.15) is 0 Å². The molecule has 0 aliphatic carbocycles. The van der Waals surface area contributed by atoms with E-state index in [0.29, 0.717) is 6.42 Å². The molecule has 0 aliphatic heterocycles. The molecule has 0 unspecified atom stereocenters. The first kappa shape index (κ1) is 28.8. The largest absolute Gasteiger partial charge is 0.417 e. The van der Waals surface area contributed by atoms with Crippen LogP contribution >= 0.6 is 0 Å². The quantitative estimate of drug-likeness (QED) is 0.229. The summed E-state index contributed by atoms with van der Waals surface area (Å²) in [4.78, 5) is 17.1. The normalized spacial score (nSPS) is 15.3. The fraction of sp³-hybridized carbons (Fsp3) is 0.955. The number of hydrogen-bond donors (Lipinski definition) is 0. The molecule has 0 aromatic rings. The second kappa shape index (κ2) is 12.0. The molecule has 0 N–H and O–H groups in total. The lowest BCUT2D eigenvalue weighted by molar-refractivity contribution is -0.168. The Morgan fingerprint density at radius 2 is 1.48 bits per heavy atom. The molecule has 29 heavy (non-hydrogen) atoms. The molecule has 1 atom stereocenters. The number of hydrogen-bond acceptors (Lipinski definition) is 4. The van der Waals surface area contributed by atoms with Crippen LogP contribution in [0.25, 0.3) is 0 Å². The number of hydroxylamine groups is 2. The molecule has 0 heterocycles. The van der Waals surface area contributed by atoms with Gasteiger partial charge in [0.25, 0.3) is 0 Å². The zero-order valence-corrected chi connectivity index (χ0v) is 23.2. The van der Waals surface area contributed by atoms with Crippen LogP contribution in [0.1, 0.15) is 74.1 Å². The lowest BCUT2D eigenvalue weighted by Gasteiger charge is -2.42. The highest BCUT2D eigenvalue weighted by Crippen LogP contribution is 2.38. The number of carbonyl (C=O) groups is 1. The van der Waals surface area contributed by atoms with E-state index in [4.69, 9.17) is 13.7 Å². The predicted octanol–water partition coefficient (Wildman–Crippen LogP) is 6.37. The molecule has 0 radical (unpaired) electrons. The molecular weight excluding hydrogens is 398 g/mol. The summed E-state index contributed by atoms with van der Waals surface area (Å²) in [6.07, 6.45) is 3.02. The van der Waals surface area contributed by atoms with E-state index in [1.165, 1.54) is 12.2 Å². The third-order valence-electron chi connectivity index (χ3n) is 7.02. The summed E-state index contributed by atoms with van der Waals surface area (Å²) in [5, 5.41) is 1.51. The van der Waals surface area contributed by atoms with Crippen LogP contribution in [0.15, 0.2) is 0 Å². The van der Waals surface area contributed by atoms with Gasteiger partial charge in [0.15, 0.2) is 16.6 Å². The second-order valence-electron chi connectivity index (χ2n) is 10.1. The van der Waals surface area contributed by atoms with Crippen LogP contribution < -0.4 is 0 Å². The summed E-state index contributed by atoms with van der Waals surface area (Å²) >= 11 is 0. The van der Waals surface area contributed by atoms with Crippen molar-refractivity contribution < 1.29 is 18.5 Å². The fourth-order valence-electron chi connectivity index (χ4n) is 3.33. The van der Waals surface area contributed by atoms with Gasteiger partial charge < -0.3 is 8.85 Å². The highest BCUT2D eigenvalue weighted by Gasteiger charge is 2.40. The van der Waals surface area contributed by atoms with E-state index >= 15 is 0 Å². The molecule has 5 nitrogen and oxygen atoms in total. The smallest absolute Gasteiger partial charge is 0.245 e. The Kier molecular flexibility index (Phi) is 11.9. The Morgan fingerprint density at radius 1 is 0.966 bits per heavy atom. The Hall–Kier alpha value is -0.216. The first-order chi connectivity index (χ1) is 13.2. The van der Waals surface area contributed by atoms with Crippen LogP contribution in [0.3, 0.4) is 0 Å². The van der Waals surface area contributed by atoms with Gasteiger partial charge in [0.05, 0.1) is 12.7 Å². The summed E-state index contributed by atoms with van der Waals surface area (Å²) in [6, 6.07) is 3.39. The minimum atomic E-state index is -1.78. The van der Waals surface area contributed by atoms with Crippen molar-refractivity contribution in [2.75, 3.05) is 20.8 Å².